The lowest BCUT2D eigenvalue weighted by Crippen LogP contribution is -2.41. The molecule has 0 bridgehead atoms. The number of aliphatic hydroxyl groups excluding tert-OH is 3. The number of hydrogen-bond acceptors (Lipinski definition) is 7. The van der Waals surface area contributed by atoms with Gasteiger partial charge in [0.15, 0.2) is 0 Å². The molecular formula is C23H52N2O8. The Morgan fingerprint density at radius 3 is 1.36 bits per heavy atom. The Morgan fingerprint density at radius 1 is 0.667 bits per heavy atom. The van der Waals surface area contributed by atoms with Crippen molar-refractivity contribution >= 4 is 17.8 Å². The topological polar surface area (TPSA) is 199 Å². The Morgan fingerprint density at radius 2 is 1.03 bits per heavy atom. The second-order valence-electron chi connectivity index (χ2n) is 6.92. The summed E-state index contributed by atoms with van der Waals surface area (Å²) in [4.78, 5) is 33.1. The second-order valence-corrected chi connectivity index (χ2v) is 6.92. The van der Waals surface area contributed by atoms with E-state index in [0.717, 1.165) is 19.3 Å². The summed E-state index contributed by atoms with van der Waals surface area (Å²) in [6, 6.07) is -1.11. The van der Waals surface area contributed by atoms with Crippen LogP contribution in [-0.4, -0.2) is 69.2 Å². The van der Waals surface area contributed by atoms with Gasteiger partial charge in [0.05, 0.1) is 0 Å². The van der Waals surface area contributed by atoms with E-state index < -0.39 is 18.0 Å². The molecule has 1 unspecified atom stereocenters. The molecule has 0 heterocycles. The van der Waals surface area contributed by atoms with Crippen LogP contribution in [0.3, 0.4) is 0 Å². The van der Waals surface area contributed by atoms with E-state index in [0.29, 0.717) is 6.42 Å². The van der Waals surface area contributed by atoms with Crippen LogP contribution in [0.25, 0.3) is 0 Å². The number of unbranched alkanes of at least 4 members (excludes halogenated alkanes) is 8. The van der Waals surface area contributed by atoms with Crippen LogP contribution in [0, 0.1) is 0 Å². The molecule has 0 saturated carbocycles. The summed E-state index contributed by atoms with van der Waals surface area (Å²) in [5, 5.41) is 42.6. The first-order chi connectivity index (χ1) is 15.2. The third kappa shape index (κ3) is 48.8. The summed E-state index contributed by atoms with van der Waals surface area (Å²) in [5.74, 6) is -2.57. The van der Waals surface area contributed by atoms with E-state index in [-0.39, 0.29) is 44.7 Å². The monoisotopic (exact) mass is 484 g/mol. The number of carboxylic acids is 2. The minimum Gasteiger partial charge on any atom is -0.481 e. The lowest BCUT2D eigenvalue weighted by Gasteiger charge is -2.13. The molecule has 1 atom stereocenters. The van der Waals surface area contributed by atoms with Crippen molar-refractivity contribution in [3.05, 3.63) is 0 Å². The van der Waals surface area contributed by atoms with Crippen molar-refractivity contribution in [3.63, 3.8) is 0 Å². The third-order valence-corrected chi connectivity index (χ3v) is 3.79. The fourth-order valence-corrected chi connectivity index (χ4v) is 2.39. The summed E-state index contributed by atoms with van der Waals surface area (Å²) in [6.07, 6.45) is 10.3. The molecule has 0 aliphatic rings. The highest BCUT2D eigenvalue weighted by Gasteiger charge is 2.20. The number of aliphatic carboxylic acids is 2. The van der Waals surface area contributed by atoms with Gasteiger partial charge in [-0.2, -0.15) is 0 Å². The van der Waals surface area contributed by atoms with Gasteiger partial charge >= 0.3 is 11.9 Å². The summed E-state index contributed by atoms with van der Waals surface area (Å²) >= 11 is 0. The number of carboxylic acid groups (broad SMARTS) is 2. The lowest BCUT2D eigenvalue weighted by atomic mass is 10.1. The van der Waals surface area contributed by atoms with Crippen molar-refractivity contribution in [1.29, 1.82) is 0 Å². The summed E-state index contributed by atoms with van der Waals surface area (Å²) < 4.78 is 0. The van der Waals surface area contributed by atoms with E-state index in [9.17, 15) is 14.4 Å². The molecule has 0 aliphatic carbocycles. The van der Waals surface area contributed by atoms with Crippen LogP contribution in [0.15, 0.2) is 0 Å². The number of nitrogens with one attached hydrogen (secondary N) is 1. The quantitative estimate of drug-likeness (QED) is 0.170. The Hall–Kier alpha value is -1.75. The zero-order valence-corrected chi connectivity index (χ0v) is 21.4. The van der Waals surface area contributed by atoms with Crippen molar-refractivity contribution in [3.8, 4) is 0 Å². The molecule has 10 heteroatoms. The maximum atomic E-state index is 11.7. The van der Waals surface area contributed by atoms with Gasteiger partial charge in [0.2, 0.25) is 5.91 Å². The molecule has 0 aromatic carbocycles. The van der Waals surface area contributed by atoms with Gasteiger partial charge in [-0.1, -0.05) is 58.3 Å². The van der Waals surface area contributed by atoms with Gasteiger partial charge in [0.25, 0.3) is 0 Å². The molecule has 0 fully saturated rings. The van der Waals surface area contributed by atoms with Crippen molar-refractivity contribution in [1.82, 2.24) is 11.5 Å². The molecule has 0 aliphatic heterocycles. The van der Waals surface area contributed by atoms with Gasteiger partial charge in [0, 0.05) is 32.7 Å². The third-order valence-electron chi connectivity index (χ3n) is 3.79. The molecule has 0 spiro atoms. The number of carbonyl (C=O) groups excluding carboxylic acids is 1. The highest BCUT2D eigenvalue weighted by Crippen LogP contribution is 2.10. The maximum Gasteiger partial charge on any atom is 0.326 e. The Kier molecular flexibility index (Phi) is 47.2. The first kappa shape index (κ1) is 41.5. The first-order valence-electron chi connectivity index (χ1n) is 11.8. The first-order valence-corrected chi connectivity index (χ1v) is 11.8. The maximum absolute atomic E-state index is 11.7. The molecule has 1 amide bonds. The summed E-state index contributed by atoms with van der Waals surface area (Å²) in [6.45, 7) is 7.99. The molecule has 0 rings (SSSR count). The molecule has 0 saturated heterocycles. The molecule has 0 radical (unpaired) electrons. The molecule has 10 nitrogen and oxygen atoms in total. The van der Waals surface area contributed by atoms with Gasteiger partial charge in [-0.05, 0) is 33.6 Å². The van der Waals surface area contributed by atoms with Gasteiger partial charge in [-0.3, -0.25) is 9.59 Å². The lowest BCUT2D eigenvalue weighted by molar-refractivity contribution is -0.143. The fraction of sp³-hybridized carbons (Fsp3) is 0.870. The van der Waals surface area contributed by atoms with Crippen molar-refractivity contribution in [2.24, 2.45) is 0 Å². The van der Waals surface area contributed by atoms with E-state index >= 15 is 0 Å². The SMILES string of the molecule is CCCCCCCCCCCC(=O)NC(CCC(=O)O)C(=O)O.CCO.CCO.CCO.N. The van der Waals surface area contributed by atoms with Crippen LogP contribution in [-0.2, 0) is 14.4 Å². The molecule has 0 aromatic heterocycles. The molecule has 0 aromatic rings. The second kappa shape index (κ2) is 37.6. The predicted molar refractivity (Wildman–Crippen MR) is 132 cm³/mol. The highest BCUT2D eigenvalue weighted by molar-refractivity contribution is 5.83. The molecule has 9 N–H and O–H groups in total. The van der Waals surface area contributed by atoms with Gasteiger partial charge in [-0.25, -0.2) is 4.79 Å². The molecular weight excluding hydrogens is 432 g/mol. The number of amides is 1. The number of hydrogen-bond donors (Lipinski definition) is 7. The van der Waals surface area contributed by atoms with E-state index in [4.69, 9.17) is 25.5 Å². The standard InChI is InChI=1S/C17H31NO5.3C2H6O.H3N/c1-2-3-4-5-6-7-8-9-10-11-15(19)18-14(17(22)23)12-13-16(20)21;3*1-2-3;/h14H,2-13H2,1H3,(H,18,19)(H,20,21)(H,22,23);3*3H,2H2,1H3;1H3. The summed E-state index contributed by atoms with van der Waals surface area (Å²) in [5.41, 5.74) is 0. The minimum absolute atomic E-state index is 0. The number of carbonyl (C=O) groups is 3. The average molecular weight is 485 g/mol. The van der Waals surface area contributed by atoms with Crippen molar-refractivity contribution in [2.75, 3.05) is 19.8 Å². The number of aliphatic hydroxyl groups is 3. The highest BCUT2D eigenvalue weighted by atomic mass is 16.4. The van der Waals surface area contributed by atoms with Crippen LogP contribution in [0.4, 0.5) is 0 Å². The van der Waals surface area contributed by atoms with Crippen LogP contribution in [0.5, 0.6) is 0 Å². The van der Waals surface area contributed by atoms with Crippen molar-refractivity contribution in [2.45, 2.75) is 111 Å². The smallest absolute Gasteiger partial charge is 0.326 e. The summed E-state index contributed by atoms with van der Waals surface area (Å²) in [7, 11) is 0. The normalized spacial score (nSPS) is 9.91. The molecule has 202 valence electrons. The van der Waals surface area contributed by atoms with Crippen LogP contribution in [0.1, 0.15) is 105 Å². The Bertz CT molecular complexity index is 405. The largest absolute Gasteiger partial charge is 0.481 e. The van der Waals surface area contributed by atoms with E-state index in [1.807, 2.05) is 0 Å². The van der Waals surface area contributed by atoms with Crippen LogP contribution in [0.2, 0.25) is 0 Å². The predicted octanol–water partition coefficient (Wildman–Crippen LogP) is 3.50. The van der Waals surface area contributed by atoms with E-state index in [1.54, 1.807) is 20.8 Å². The van der Waals surface area contributed by atoms with Gasteiger partial charge < -0.3 is 37.0 Å². The van der Waals surface area contributed by atoms with Gasteiger partial charge in [-0.15, -0.1) is 0 Å². The number of rotatable bonds is 15. The Labute approximate surface area is 200 Å². The minimum atomic E-state index is -1.19. The van der Waals surface area contributed by atoms with Crippen LogP contribution < -0.4 is 11.5 Å². The van der Waals surface area contributed by atoms with Crippen LogP contribution >= 0.6 is 0 Å². The van der Waals surface area contributed by atoms with E-state index in [1.165, 1.54) is 38.5 Å². The average Bonchev–Trinajstić information content (AvgIpc) is 2.71. The zero-order valence-electron chi connectivity index (χ0n) is 21.4. The zero-order chi connectivity index (χ0) is 25.6. The van der Waals surface area contributed by atoms with Gasteiger partial charge in [0.1, 0.15) is 6.04 Å². The fourth-order valence-electron chi connectivity index (χ4n) is 2.39. The van der Waals surface area contributed by atoms with Crippen molar-refractivity contribution < 1.29 is 39.9 Å². The molecule has 33 heavy (non-hydrogen) atoms. The van der Waals surface area contributed by atoms with E-state index in [2.05, 4.69) is 12.2 Å². The Balaban J connectivity index is -0.000000224.